The summed E-state index contributed by atoms with van der Waals surface area (Å²) in [6.45, 7) is 8.14. The van der Waals surface area contributed by atoms with Gasteiger partial charge in [0.1, 0.15) is 5.82 Å². The molecular weight excluding hydrogens is 596 g/mol. The maximum atomic E-state index is 12.9. The van der Waals surface area contributed by atoms with Crippen molar-refractivity contribution in [1.82, 2.24) is 19.9 Å². The van der Waals surface area contributed by atoms with Crippen LogP contribution in [0.2, 0.25) is 0 Å². The van der Waals surface area contributed by atoms with Crippen LogP contribution >= 0.6 is 0 Å². The van der Waals surface area contributed by atoms with E-state index in [2.05, 4.69) is 19.9 Å². The van der Waals surface area contributed by atoms with Gasteiger partial charge in [-0.3, -0.25) is 0 Å². The number of ether oxygens (including phenoxy) is 2. The van der Waals surface area contributed by atoms with E-state index in [0.717, 1.165) is 24.8 Å². The van der Waals surface area contributed by atoms with Crippen molar-refractivity contribution in [3.05, 3.63) is 42.2 Å². The number of sulfonamides is 2. The Labute approximate surface area is 245 Å². The first-order chi connectivity index (χ1) is 19.5. The van der Waals surface area contributed by atoms with Gasteiger partial charge < -0.3 is 14.4 Å². The zero-order valence-electron chi connectivity index (χ0n) is 24.0. The second-order valence-corrected chi connectivity index (χ2v) is 14.7. The first-order valence-electron chi connectivity index (χ1n) is 13.5. The Kier molecular flexibility index (Phi) is 11.6. The zero-order valence-corrected chi connectivity index (χ0v) is 25.6. The van der Waals surface area contributed by atoms with Gasteiger partial charge in [-0.05, 0) is 53.4 Å². The summed E-state index contributed by atoms with van der Waals surface area (Å²) in [5.74, 6) is -0.572. The average Bonchev–Trinajstić information content (AvgIpc) is 2.88. The molecule has 17 heteroatoms. The van der Waals surface area contributed by atoms with E-state index in [4.69, 9.17) is 19.8 Å². The molecule has 2 aromatic heterocycles. The van der Waals surface area contributed by atoms with E-state index in [-0.39, 0.29) is 42.8 Å². The number of hydrogen-bond donors (Lipinski definition) is 2. The Bertz CT molecular complexity index is 1260. The molecule has 0 spiro atoms. The monoisotopic (exact) mass is 635 g/mol. The smallest absolute Gasteiger partial charge is 0.225 e. The van der Waals surface area contributed by atoms with Crippen molar-refractivity contribution in [1.29, 1.82) is 0 Å². The molecule has 5 atom stereocenters. The molecule has 4 rings (SSSR count). The molecule has 1 saturated carbocycles. The minimum Gasteiger partial charge on any atom is -0.375 e. The van der Waals surface area contributed by atoms with Gasteiger partial charge in [0.05, 0.1) is 59.7 Å². The summed E-state index contributed by atoms with van der Waals surface area (Å²) in [5.41, 5.74) is 0. The van der Waals surface area contributed by atoms with Gasteiger partial charge in [-0.25, -0.2) is 55.8 Å². The number of rotatable bonds is 8. The summed E-state index contributed by atoms with van der Waals surface area (Å²) < 4.78 is 83.9. The lowest BCUT2D eigenvalue weighted by Gasteiger charge is -2.37. The molecule has 13 nitrogen and oxygen atoms in total. The lowest BCUT2D eigenvalue weighted by molar-refractivity contribution is -0.0160. The predicted molar refractivity (Wildman–Crippen MR) is 151 cm³/mol. The maximum absolute atomic E-state index is 12.9. The van der Waals surface area contributed by atoms with Crippen LogP contribution in [0.1, 0.15) is 65.1 Å². The summed E-state index contributed by atoms with van der Waals surface area (Å²) in [4.78, 5) is 17.3. The molecule has 0 radical (unpaired) electrons. The summed E-state index contributed by atoms with van der Waals surface area (Å²) in [5, 5.41) is 9.09. The van der Waals surface area contributed by atoms with Crippen molar-refractivity contribution >= 4 is 26.0 Å². The number of piperidine rings is 1. The predicted octanol–water partition coefficient (Wildman–Crippen LogP) is 1.61. The normalized spacial score (nSPS) is 25.3. The van der Waals surface area contributed by atoms with Gasteiger partial charge in [-0.1, -0.05) is 0 Å². The third-order valence-corrected chi connectivity index (χ3v) is 9.33. The topological polar surface area (TPSA) is 194 Å². The Morgan fingerprint density at radius 1 is 0.738 bits per heavy atom. The molecule has 0 amide bonds. The van der Waals surface area contributed by atoms with Crippen LogP contribution in [0.3, 0.4) is 0 Å². The second-order valence-electron chi connectivity index (χ2n) is 11.0. The first-order valence-corrected chi connectivity index (χ1v) is 16.8. The van der Waals surface area contributed by atoms with Gasteiger partial charge in [0.25, 0.3) is 0 Å². The zero-order chi connectivity index (χ0) is 31.2. The molecule has 1 aliphatic heterocycles. The van der Waals surface area contributed by atoms with E-state index in [1.807, 2.05) is 27.7 Å². The fourth-order valence-corrected chi connectivity index (χ4v) is 6.94. The van der Waals surface area contributed by atoms with Crippen LogP contribution in [-0.4, -0.2) is 84.8 Å². The highest BCUT2D eigenvalue weighted by Gasteiger charge is 2.38. The van der Waals surface area contributed by atoms with Gasteiger partial charge in [0.15, 0.2) is 11.6 Å². The number of primary sulfonamides is 2. The van der Waals surface area contributed by atoms with Crippen molar-refractivity contribution < 1.29 is 35.1 Å². The first kappa shape index (κ1) is 34.1. The summed E-state index contributed by atoms with van der Waals surface area (Å²) >= 11 is 0. The van der Waals surface area contributed by atoms with Gasteiger partial charge >= 0.3 is 0 Å². The number of anilines is 1. The molecule has 1 saturated heterocycles. The largest absolute Gasteiger partial charge is 0.375 e. The van der Waals surface area contributed by atoms with Crippen molar-refractivity contribution in [3.63, 3.8) is 0 Å². The average molecular weight is 636 g/mol. The lowest BCUT2D eigenvalue weighted by atomic mass is 9.86. The maximum Gasteiger partial charge on any atom is 0.225 e. The summed E-state index contributed by atoms with van der Waals surface area (Å²) in [6.07, 6.45) is 5.33. The van der Waals surface area contributed by atoms with Crippen LogP contribution in [0, 0.1) is 11.6 Å². The quantitative estimate of drug-likeness (QED) is 0.428. The molecule has 42 heavy (non-hydrogen) atoms. The molecule has 3 heterocycles. The van der Waals surface area contributed by atoms with Crippen molar-refractivity contribution in [2.45, 2.75) is 94.2 Å². The molecule has 0 aromatic carbocycles. The number of aromatic nitrogens is 4. The van der Waals surface area contributed by atoms with Gasteiger partial charge in [-0.15, -0.1) is 0 Å². The van der Waals surface area contributed by atoms with Crippen LogP contribution < -0.4 is 15.2 Å². The molecular formula is C25H39F2N7O6S2. The molecule has 236 valence electrons. The van der Waals surface area contributed by atoms with Crippen LogP contribution in [0.5, 0.6) is 0 Å². The van der Waals surface area contributed by atoms with E-state index in [0.29, 0.717) is 38.1 Å². The molecule has 2 aliphatic rings. The molecule has 1 unspecified atom stereocenters. The summed E-state index contributed by atoms with van der Waals surface area (Å²) in [6, 6.07) is 0. The molecule has 2 fully saturated rings. The molecule has 4 N–H and O–H groups in total. The van der Waals surface area contributed by atoms with E-state index < -0.39 is 42.2 Å². The van der Waals surface area contributed by atoms with Crippen LogP contribution in [-0.2, 0) is 29.5 Å². The highest BCUT2D eigenvalue weighted by Crippen LogP contribution is 2.35. The van der Waals surface area contributed by atoms with E-state index in [9.17, 15) is 25.6 Å². The third kappa shape index (κ3) is 10.4. The highest BCUT2D eigenvalue weighted by atomic mass is 32.2. The Balaban J connectivity index is 0.000000230. The van der Waals surface area contributed by atoms with Crippen LogP contribution in [0.15, 0.2) is 24.8 Å². The van der Waals surface area contributed by atoms with Crippen LogP contribution in [0.25, 0.3) is 0 Å². The number of nitrogens with zero attached hydrogens (tertiary/aromatic N) is 5. The van der Waals surface area contributed by atoms with Gasteiger partial charge in [-0.2, -0.15) is 0 Å². The van der Waals surface area contributed by atoms with Gasteiger partial charge in [0.2, 0.25) is 26.0 Å². The fourth-order valence-electron chi connectivity index (χ4n) is 5.09. The van der Waals surface area contributed by atoms with Crippen molar-refractivity contribution in [2.24, 2.45) is 10.3 Å². The second kappa shape index (κ2) is 14.4. The Hall–Kier alpha value is -2.44. The lowest BCUT2D eigenvalue weighted by Crippen LogP contribution is -2.52. The van der Waals surface area contributed by atoms with E-state index >= 15 is 0 Å². The Morgan fingerprint density at radius 2 is 1.21 bits per heavy atom. The highest BCUT2D eigenvalue weighted by molar-refractivity contribution is 7.90. The van der Waals surface area contributed by atoms with Gasteiger partial charge in [0, 0.05) is 19.0 Å². The van der Waals surface area contributed by atoms with Crippen molar-refractivity contribution in [2.75, 3.05) is 18.0 Å². The fraction of sp³-hybridized carbons (Fsp3) is 0.680. The van der Waals surface area contributed by atoms with Crippen LogP contribution in [0.4, 0.5) is 14.7 Å². The number of nitrogens with two attached hydrogens (primary N) is 2. The van der Waals surface area contributed by atoms with Crippen molar-refractivity contribution in [3.8, 4) is 0 Å². The van der Waals surface area contributed by atoms with E-state index in [1.54, 1.807) is 4.90 Å². The SMILES string of the molecule is CC(C)O[C@@H]1CC(c2ncc(F)cn2)C[C@H](S(N)(=O)=O)C1.CC(C)O[C@@H]1C[C@H](S(N)(=O)=O)CN(c2ncc(F)cn2)C1. The molecule has 2 aromatic rings. The number of halogens is 2. The number of hydrogen-bond acceptors (Lipinski definition) is 11. The minimum absolute atomic E-state index is 0.0102. The molecule has 1 aliphatic carbocycles. The van der Waals surface area contributed by atoms with E-state index in [1.165, 1.54) is 0 Å². The minimum atomic E-state index is -3.69. The Morgan fingerprint density at radius 3 is 1.71 bits per heavy atom. The summed E-state index contributed by atoms with van der Waals surface area (Å²) in [7, 11) is -7.35. The standard InChI is InChI=1S/C13H20FN3O3S.C12H19FN4O3S/c1-8(2)20-11-3-9(4-12(5-11)21(15,18)19)13-16-6-10(14)7-17-13;1-8(2)20-10-3-11(21(14,18)19)7-17(6-10)12-15-4-9(13)5-16-12/h6-9,11-12H,3-5H2,1-2H3,(H2,15,18,19);4-5,8,10-11H,3,6-7H2,1-2H3,(H2,14,18,19)/t9?,11-,12+;10-,11+/m11/s1. The third-order valence-electron chi connectivity index (χ3n) is 6.75. The molecule has 0 bridgehead atoms.